The van der Waals surface area contributed by atoms with Gasteiger partial charge in [-0.2, -0.15) is 0 Å². The number of carbonyl (C=O) groups excluding carboxylic acids is 1. The summed E-state index contributed by atoms with van der Waals surface area (Å²) in [6.45, 7) is 4.81. The van der Waals surface area contributed by atoms with E-state index in [1.165, 1.54) is 5.56 Å². The third-order valence-electron chi connectivity index (χ3n) is 3.74. The van der Waals surface area contributed by atoms with Gasteiger partial charge in [0, 0.05) is 17.5 Å². The highest BCUT2D eigenvalue weighted by Crippen LogP contribution is 2.21. The van der Waals surface area contributed by atoms with Crippen molar-refractivity contribution in [1.82, 2.24) is 15.2 Å². The maximum atomic E-state index is 11.5. The molecule has 1 N–H and O–H groups in total. The molecule has 134 valence electrons. The summed E-state index contributed by atoms with van der Waals surface area (Å²) >= 11 is 1.66. The highest BCUT2D eigenvalue weighted by atomic mass is 32.1. The number of carbonyl (C=O) groups is 1. The van der Waals surface area contributed by atoms with Crippen LogP contribution in [-0.2, 0) is 11.2 Å². The normalized spacial score (nSPS) is 10.5. The molecule has 0 aliphatic heterocycles. The fraction of sp³-hybridized carbons (Fsp3) is 0.263. The minimum atomic E-state index is -0.457. The number of hydrogen-bond donors (Lipinski definition) is 1. The number of aryl methyl sites for hydroxylation is 1. The molecule has 0 amide bonds. The summed E-state index contributed by atoms with van der Waals surface area (Å²) in [6.07, 6.45) is 0.859. The first-order chi connectivity index (χ1) is 12.7. The van der Waals surface area contributed by atoms with Gasteiger partial charge >= 0.3 is 5.97 Å². The van der Waals surface area contributed by atoms with Crippen LogP contribution in [0.5, 0.6) is 0 Å². The maximum absolute atomic E-state index is 11.5. The fourth-order valence-electron chi connectivity index (χ4n) is 2.41. The number of nitrogens with zero attached hydrogens (tertiary/aromatic N) is 3. The topological polar surface area (TPSA) is 77.0 Å². The Morgan fingerprint density at radius 2 is 1.96 bits per heavy atom. The van der Waals surface area contributed by atoms with Crippen molar-refractivity contribution >= 4 is 23.1 Å². The number of rotatable bonds is 7. The number of hydrogen-bond acceptors (Lipinski definition) is 7. The van der Waals surface area contributed by atoms with E-state index in [1.54, 1.807) is 30.4 Å². The van der Waals surface area contributed by atoms with Gasteiger partial charge in [-0.05, 0) is 38.0 Å². The molecule has 3 aromatic rings. The van der Waals surface area contributed by atoms with Crippen LogP contribution in [0.15, 0.2) is 41.8 Å². The predicted molar refractivity (Wildman–Crippen MR) is 102 cm³/mol. The van der Waals surface area contributed by atoms with Crippen molar-refractivity contribution < 1.29 is 9.53 Å². The van der Waals surface area contributed by atoms with E-state index < -0.39 is 5.97 Å². The molecule has 0 aliphatic carbocycles. The van der Waals surface area contributed by atoms with Crippen molar-refractivity contribution in [1.29, 1.82) is 0 Å². The van der Waals surface area contributed by atoms with Gasteiger partial charge in [0.15, 0.2) is 5.69 Å². The molecule has 0 spiro atoms. The van der Waals surface area contributed by atoms with E-state index in [0.29, 0.717) is 12.4 Å². The molecule has 3 rings (SSSR count). The molecule has 0 saturated carbocycles. The second kappa shape index (κ2) is 8.53. The highest BCUT2D eigenvalue weighted by Gasteiger charge is 2.08. The van der Waals surface area contributed by atoms with Gasteiger partial charge in [-0.3, -0.25) is 0 Å². The maximum Gasteiger partial charge on any atom is 0.358 e. The lowest BCUT2D eigenvalue weighted by atomic mass is 10.1. The van der Waals surface area contributed by atoms with Crippen LogP contribution in [0.4, 0.5) is 5.82 Å². The molecule has 7 heteroatoms. The number of thiazole rings is 1. The van der Waals surface area contributed by atoms with Gasteiger partial charge in [-0.1, -0.05) is 24.3 Å². The summed E-state index contributed by atoms with van der Waals surface area (Å²) in [5.74, 6) is 0.176. The number of aromatic nitrogens is 3. The largest absolute Gasteiger partial charge is 0.461 e. The monoisotopic (exact) mass is 368 g/mol. The molecule has 0 saturated heterocycles. The second-order valence-electron chi connectivity index (χ2n) is 5.65. The minimum Gasteiger partial charge on any atom is -0.461 e. The van der Waals surface area contributed by atoms with Gasteiger partial charge in [-0.15, -0.1) is 21.5 Å². The smallest absolute Gasteiger partial charge is 0.358 e. The Morgan fingerprint density at radius 1 is 1.15 bits per heavy atom. The molecule has 0 fully saturated rings. The third kappa shape index (κ3) is 4.64. The quantitative estimate of drug-likeness (QED) is 0.640. The van der Waals surface area contributed by atoms with Crippen LogP contribution in [-0.4, -0.2) is 34.3 Å². The first-order valence-electron chi connectivity index (χ1n) is 8.42. The molecule has 2 heterocycles. The minimum absolute atomic E-state index is 0.213. The van der Waals surface area contributed by atoms with Crippen LogP contribution >= 0.6 is 11.3 Å². The van der Waals surface area contributed by atoms with Gasteiger partial charge in [0.1, 0.15) is 5.82 Å². The van der Waals surface area contributed by atoms with Crippen molar-refractivity contribution in [2.24, 2.45) is 0 Å². The molecule has 6 nitrogen and oxygen atoms in total. The second-order valence-corrected chi connectivity index (χ2v) is 6.71. The zero-order valence-corrected chi connectivity index (χ0v) is 15.5. The van der Waals surface area contributed by atoms with E-state index in [1.807, 2.05) is 6.92 Å². The molecule has 0 radical (unpaired) electrons. The SMILES string of the molecule is CCOC(=O)c1ccc(NCCc2ccc(-c3csc(C)n3)cc2)nn1. The Morgan fingerprint density at radius 3 is 2.58 bits per heavy atom. The Bertz CT molecular complexity index is 860. The molecular formula is C19H20N4O2S. The average Bonchev–Trinajstić information content (AvgIpc) is 3.09. The molecule has 0 bridgehead atoms. The molecule has 2 aromatic heterocycles. The molecule has 0 atom stereocenters. The van der Waals surface area contributed by atoms with Crippen LogP contribution in [0.25, 0.3) is 11.3 Å². The van der Waals surface area contributed by atoms with Crippen molar-refractivity contribution in [3.8, 4) is 11.3 Å². The summed E-state index contributed by atoms with van der Waals surface area (Å²) in [7, 11) is 0. The summed E-state index contributed by atoms with van der Waals surface area (Å²) in [4.78, 5) is 16.0. The molecular weight excluding hydrogens is 348 g/mol. The summed E-state index contributed by atoms with van der Waals surface area (Å²) in [5, 5.41) is 14.2. The van der Waals surface area contributed by atoms with Crippen LogP contribution < -0.4 is 5.32 Å². The van der Waals surface area contributed by atoms with Crippen LogP contribution in [0.3, 0.4) is 0 Å². The number of benzene rings is 1. The Hall–Kier alpha value is -2.80. The standard InChI is InChI=1S/C19H20N4O2S/c1-3-25-19(24)16-8-9-18(23-22-16)20-11-10-14-4-6-15(7-5-14)17-12-26-13(2)21-17/h4-9,12H,3,10-11H2,1-2H3,(H,20,23). The summed E-state index contributed by atoms with van der Waals surface area (Å²) in [5.41, 5.74) is 3.59. The van der Waals surface area contributed by atoms with Crippen molar-refractivity contribution in [2.45, 2.75) is 20.3 Å². The van der Waals surface area contributed by atoms with Crippen LogP contribution in [0.1, 0.15) is 28.0 Å². The highest BCUT2D eigenvalue weighted by molar-refractivity contribution is 7.09. The molecule has 0 unspecified atom stereocenters. The van der Waals surface area contributed by atoms with E-state index in [0.717, 1.165) is 29.2 Å². The van der Waals surface area contributed by atoms with Crippen molar-refractivity contribution in [3.05, 3.63) is 58.0 Å². The van der Waals surface area contributed by atoms with Gasteiger partial charge in [0.25, 0.3) is 0 Å². The molecule has 0 aliphatic rings. The Balaban J connectivity index is 1.51. The molecule has 26 heavy (non-hydrogen) atoms. The third-order valence-corrected chi connectivity index (χ3v) is 4.51. The van der Waals surface area contributed by atoms with E-state index in [9.17, 15) is 4.79 Å². The van der Waals surface area contributed by atoms with Gasteiger partial charge in [0.05, 0.1) is 17.3 Å². The van der Waals surface area contributed by atoms with Crippen molar-refractivity contribution in [3.63, 3.8) is 0 Å². The Kier molecular flexibility index (Phi) is 5.91. The first kappa shape index (κ1) is 18.0. The predicted octanol–water partition coefficient (Wildman–Crippen LogP) is 3.74. The lowest BCUT2D eigenvalue weighted by Crippen LogP contribution is -2.11. The lowest BCUT2D eigenvalue weighted by Gasteiger charge is -2.06. The average molecular weight is 368 g/mol. The fourth-order valence-corrected chi connectivity index (χ4v) is 3.04. The number of esters is 1. The lowest BCUT2D eigenvalue weighted by molar-refractivity contribution is 0.0518. The van der Waals surface area contributed by atoms with Gasteiger partial charge in [-0.25, -0.2) is 9.78 Å². The summed E-state index contributed by atoms with van der Waals surface area (Å²) in [6, 6.07) is 11.8. The van der Waals surface area contributed by atoms with Crippen LogP contribution in [0.2, 0.25) is 0 Å². The van der Waals surface area contributed by atoms with E-state index in [2.05, 4.69) is 50.1 Å². The Labute approximate surface area is 156 Å². The summed E-state index contributed by atoms with van der Waals surface area (Å²) < 4.78 is 4.88. The van der Waals surface area contributed by atoms with E-state index in [-0.39, 0.29) is 5.69 Å². The number of nitrogens with one attached hydrogen (secondary N) is 1. The van der Waals surface area contributed by atoms with E-state index in [4.69, 9.17) is 4.74 Å². The number of ether oxygens (including phenoxy) is 1. The van der Waals surface area contributed by atoms with Crippen molar-refractivity contribution in [2.75, 3.05) is 18.5 Å². The zero-order chi connectivity index (χ0) is 18.4. The van der Waals surface area contributed by atoms with E-state index >= 15 is 0 Å². The van der Waals surface area contributed by atoms with Gasteiger partial charge in [0.2, 0.25) is 0 Å². The van der Waals surface area contributed by atoms with Crippen LogP contribution in [0, 0.1) is 6.92 Å². The first-order valence-corrected chi connectivity index (χ1v) is 9.30. The zero-order valence-electron chi connectivity index (χ0n) is 14.7. The molecule has 1 aromatic carbocycles. The van der Waals surface area contributed by atoms with Gasteiger partial charge < -0.3 is 10.1 Å². The number of anilines is 1.